The SMILES string of the molecule is CCN=C(C)/C=C(\C)c1ccc(C)cc1F. The minimum Gasteiger partial charge on any atom is -0.290 e. The zero-order chi connectivity index (χ0) is 12.1. The molecule has 1 nitrogen and oxygen atoms in total. The number of hydrogen-bond donors (Lipinski definition) is 0. The predicted octanol–water partition coefficient (Wildman–Crippen LogP) is 4.02. The fourth-order valence-electron chi connectivity index (χ4n) is 1.63. The van der Waals surface area contributed by atoms with Crippen LogP contribution in [0.25, 0.3) is 5.57 Å². The Morgan fingerprint density at radius 2 is 2.06 bits per heavy atom. The lowest BCUT2D eigenvalue weighted by Crippen LogP contribution is -1.92. The summed E-state index contributed by atoms with van der Waals surface area (Å²) in [5.41, 5.74) is 3.43. The van der Waals surface area contributed by atoms with Crippen LogP contribution in [0.3, 0.4) is 0 Å². The molecular weight excluding hydrogens is 201 g/mol. The fraction of sp³-hybridized carbons (Fsp3) is 0.357. The average molecular weight is 219 g/mol. The van der Waals surface area contributed by atoms with Crippen molar-refractivity contribution in [3.63, 3.8) is 0 Å². The monoisotopic (exact) mass is 219 g/mol. The Hall–Kier alpha value is -1.44. The lowest BCUT2D eigenvalue weighted by molar-refractivity contribution is 0.623. The summed E-state index contributed by atoms with van der Waals surface area (Å²) in [5.74, 6) is -0.168. The molecule has 2 heteroatoms. The summed E-state index contributed by atoms with van der Waals surface area (Å²) in [7, 11) is 0. The van der Waals surface area contributed by atoms with E-state index < -0.39 is 0 Å². The molecule has 86 valence electrons. The van der Waals surface area contributed by atoms with Crippen molar-refractivity contribution in [2.45, 2.75) is 27.7 Å². The van der Waals surface area contributed by atoms with E-state index in [1.54, 1.807) is 6.07 Å². The van der Waals surface area contributed by atoms with Crippen LogP contribution < -0.4 is 0 Å². The van der Waals surface area contributed by atoms with E-state index >= 15 is 0 Å². The second-order valence-corrected chi connectivity index (χ2v) is 3.93. The quantitative estimate of drug-likeness (QED) is 0.681. The molecule has 0 unspecified atom stereocenters. The van der Waals surface area contributed by atoms with Gasteiger partial charge in [0.1, 0.15) is 5.82 Å². The highest BCUT2D eigenvalue weighted by Gasteiger charge is 2.03. The molecule has 0 saturated heterocycles. The van der Waals surface area contributed by atoms with Gasteiger partial charge in [-0.15, -0.1) is 0 Å². The molecule has 0 spiro atoms. The maximum atomic E-state index is 13.7. The maximum absolute atomic E-state index is 13.7. The minimum atomic E-state index is -0.168. The highest BCUT2D eigenvalue weighted by molar-refractivity contribution is 5.98. The van der Waals surface area contributed by atoms with Gasteiger partial charge >= 0.3 is 0 Å². The summed E-state index contributed by atoms with van der Waals surface area (Å²) in [6.45, 7) is 8.46. The van der Waals surface area contributed by atoms with E-state index in [4.69, 9.17) is 0 Å². The van der Waals surface area contributed by atoms with E-state index in [1.165, 1.54) is 0 Å². The minimum absolute atomic E-state index is 0.168. The van der Waals surface area contributed by atoms with Crippen LogP contribution in [-0.4, -0.2) is 12.3 Å². The summed E-state index contributed by atoms with van der Waals surface area (Å²) in [4.78, 5) is 4.26. The van der Waals surface area contributed by atoms with Gasteiger partial charge < -0.3 is 0 Å². The van der Waals surface area contributed by atoms with Gasteiger partial charge in [-0.1, -0.05) is 12.1 Å². The van der Waals surface area contributed by atoms with Gasteiger partial charge in [-0.05, 0) is 51.0 Å². The van der Waals surface area contributed by atoms with Crippen molar-refractivity contribution in [2.75, 3.05) is 6.54 Å². The largest absolute Gasteiger partial charge is 0.290 e. The van der Waals surface area contributed by atoms with Crippen LogP contribution in [0.4, 0.5) is 4.39 Å². The second-order valence-electron chi connectivity index (χ2n) is 3.93. The van der Waals surface area contributed by atoms with E-state index in [2.05, 4.69) is 4.99 Å². The molecule has 0 N–H and O–H groups in total. The van der Waals surface area contributed by atoms with Crippen molar-refractivity contribution in [3.8, 4) is 0 Å². The molecule has 0 fully saturated rings. The van der Waals surface area contributed by atoms with E-state index in [0.717, 1.165) is 23.4 Å². The van der Waals surface area contributed by atoms with Gasteiger partial charge in [-0.2, -0.15) is 0 Å². The Balaban J connectivity index is 3.05. The highest BCUT2D eigenvalue weighted by atomic mass is 19.1. The molecule has 0 amide bonds. The lowest BCUT2D eigenvalue weighted by Gasteiger charge is -2.04. The molecule has 0 aliphatic carbocycles. The third-order valence-corrected chi connectivity index (χ3v) is 2.38. The van der Waals surface area contributed by atoms with Crippen LogP contribution >= 0.6 is 0 Å². The standard InChI is InChI=1S/C14H18FN/c1-5-16-12(4)9-11(3)13-7-6-10(2)8-14(13)15/h6-9H,5H2,1-4H3/b11-9+,16-12?. The number of rotatable bonds is 3. The smallest absolute Gasteiger partial charge is 0.130 e. The van der Waals surface area contributed by atoms with E-state index in [-0.39, 0.29) is 5.82 Å². The molecule has 0 radical (unpaired) electrons. The van der Waals surface area contributed by atoms with Gasteiger partial charge in [0.05, 0.1) is 0 Å². The number of aliphatic imine (C=N–C) groups is 1. The molecule has 16 heavy (non-hydrogen) atoms. The van der Waals surface area contributed by atoms with E-state index in [0.29, 0.717) is 5.56 Å². The third kappa shape index (κ3) is 3.30. The van der Waals surface area contributed by atoms with Crippen LogP contribution in [0, 0.1) is 12.7 Å². The molecule has 1 aromatic rings. The van der Waals surface area contributed by atoms with Crippen molar-refractivity contribution in [3.05, 3.63) is 41.2 Å². The van der Waals surface area contributed by atoms with Crippen LogP contribution in [0.2, 0.25) is 0 Å². The molecule has 0 aliphatic heterocycles. The van der Waals surface area contributed by atoms with Crippen LogP contribution in [0.5, 0.6) is 0 Å². The second kappa shape index (κ2) is 5.59. The first-order valence-electron chi connectivity index (χ1n) is 5.50. The number of benzene rings is 1. The van der Waals surface area contributed by atoms with Gasteiger partial charge in [0.2, 0.25) is 0 Å². The molecule has 0 saturated carbocycles. The van der Waals surface area contributed by atoms with Gasteiger partial charge in [-0.25, -0.2) is 4.39 Å². The average Bonchev–Trinajstić information content (AvgIpc) is 2.17. The van der Waals surface area contributed by atoms with Crippen molar-refractivity contribution < 1.29 is 4.39 Å². The van der Waals surface area contributed by atoms with Crippen molar-refractivity contribution in [1.82, 2.24) is 0 Å². The molecule has 0 heterocycles. The predicted molar refractivity (Wildman–Crippen MR) is 68.4 cm³/mol. The van der Waals surface area contributed by atoms with Crippen molar-refractivity contribution in [2.24, 2.45) is 4.99 Å². The number of allylic oxidation sites excluding steroid dienone is 2. The Labute approximate surface area is 96.7 Å². The van der Waals surface area contributed by atoms with E-state index in [9.17, 15) is 4.39 Å². The Morgan fingerprint density at radius 1 is 1.38 bits per heavy atom. The molecule has 0 aliphatic rings. The summed E-state index contributed by atoms with van der Waals surface area (Å²) < 4.78 is 13.7. The first kappa shape index (κ1) is 12.6. The zero-order valence-electron chi connectivity index (χ0n) is 10.3. The maximum Gasteiger partial charge on any atom is 0.130 e. The Kier molecular flexibility index (Phi) is 4.41. The number of hydrogen-bond acceptors (Lipinski definition) is 1. The van der Waals surface area contributed by atoms with Gasteiger partial charge in [0.15, 0.2) is 0 Å². The topological polar surface area (TPSA) is 12.4 Å². The zero-order valence-corrected chi connectivity index (χ0v) is 10.3. The molecule has 0 atom stereocenters. The lowest BCUT2D eigenvalue weighted by atomic mass is 10.0. The number of aryl methyl sites for hydroxylation is 1. The van der Waals surface area contributed by atoms with Crippen LogP contribution in [-0.2, 0) is 0 Å². The number of nitrogens with zero attached hydrogens (tertiary/aromatic N) is 1. The summed E-state index contributed by atoms with van der Waals surface area (Å²) in [6, 6.07) is 5.29. The molecule has 1 rings (SSSR count). The summed E-state index contributed by atoms with van der Waals surface area (Å²) >= 11 is 0. The summed E-state index contributed by atoms with van der Waals surface area (Å²) in [6.07, 6.45) is 1.91. The molecule has 0 aromatic heterocycles. The van der Waals surface area contributed by atoms with Crippen molar-refractivity contribution in [1.29, 1.82) is 0 Å². The van der Waals surface area contributed by atoms with Crippen molar-refractivity contribution >= 4 is 11.3 Å². The van der Waals surface area contributed by atoms with Gasteiger partial charge in [-0.3, -0.25) is 4.99 Å². The highest BCUT2D eigenvalue weighted by Crippen LogP contribution is 2.18. The first-order valence-corrected chi connectivity index (χ1v) is 5.50. The van der Waals surface area contributed by atoms with Crippen LogP contribution in [0.15, 0.2) is 29.3 Å². The Bertz CT molecular complexity index is 430. The fourth-order valence-corrected chi connectivity index (χ4v) is 1.63. The van der Waals surface area contributed by atoms with Gasteiger partial charge in [0.25, 0.3) is 0 Å². The Morgan fingerprint density at radius 3 is 2.62 bits per heavy atom. The third-order valence-electron chi connectivity index (χ3n) is 2.38. The molecule has 1 aromatic carbocycles. The molecule has 0 bridgehead atoms. The number of halogens is 1. The van der Waals surface area contributed by atoms with Crippen LogP contribution in [0.1, 0.15) is 31.9 Å². The normalized spacial score (nSPS) is 13.1. The van der Waals surface area contributed by atoms with Gasteiger partial charge in [0, 0.05) is 17.8 Å². The first-order chi connectivity index (χ1) is 7.54. The summed E-state index contributed by atoms with van der Waals surface area (Å²) in [5, 5.41) is 0. The molecular formula is C14H18FN. The van der Waals surface area contributed by atoms with E-state index in [1.807, 2.05) is 45.9 Å².